The third-order valence-electron chi connectivity index (χ3n) is 10.8. The van der Waals surface area contributed by atoms with Gasteiger partial charge in [0.1, 0.15) is 0 Å². The second kappa shape index (κ2) is 22.3. The smallest absolute Gasteiger partial charge is 0.242 e. The van der Waals surface area contributed by atoms with E-state index in [0.29, 0.717) is 90.5 Å². The Morgan fingerprint density at radius 3 is 2.09 bits per heavy atom. The lowest BCUT2D eigenvalue weighted by Crippen LogP contribution is -2.44. The Kier molecular flexibility index (Phi) is 16.7. The van der Waals surface area contributed by atoms with Crippen LogP contribution in [0.1, 0.15) is 32.1 Å². The number of aromatic nitrogens is 3. The van der Waals surface area contributed by atoms with E-state index in [4.69, 9.17) is 35.3 Å². The number of nitrogens with one attached hydrogen (secondary N) is 2. The van der Waals surface area contributed by atoms with E-state index < -0.39 is 6.10 Å². The molecule has 3 N–H and O–H groups in total. The molecule has 0 aliphatic carbocycles. The molecule has 316 valence electrons. The van der Waals surface area contributed by atoms with Gasteiger partial charge in [-0.3, -0.25) is 24.0 Å². The number of hydrogen-bond donors (Lipinski definition) is 3. The highest BCUT2D eigenvalue weighted by Crippen LogP contribution is 2.43. The first-order valence-corrected chi connectivity index (χ1v) is 20.6. The molecule has 3 aromatic rings. The molecular weight excluding hydrogens is 770 g/mol. The lowest BCUT2D eigenvalue weighted by molar-refractivity contribution is -0.132. The molecule has 2 aromatic heterocycles. The molecular formula is C41H56ClN7O9. The van der Waals surface area contributed by atoms with Crippen LogP contribution < -0.4 is 15.5 Å². The van der Waals surface area contributed by atoms with Crippen molar-refractivity contribution >= 4 is 35.0 Å². The summed E-state index contributed by atoms with van der Waals surface area (Å²) in [7, 11) is 0. The maximum atomic E-state index is 12.5. The summed E-state index contributed by atoms with van der Waals surface area (Å²) in [5, 5.41) is 20.2. The van der Waals surface area contributed by atoms with Gasteiger partial charge in [-0.25, -0.2) is 0 Å². The average molecular weight is 826 g/mol. The van der Waals surface area contributed by atoms with E-state index in [-0.39, 0.29) is 42.7 Å². The fraction of sp³-hybridized carbons (Fsp3) is 0.585. The van der Waals surface area contributed by atoms with Gasteiger partial charge >= 0.3 is 0 Å². The van der Waals surface area contributed by atoms with Crippen molar-refractivity contribution in [3.05, 3.63) is 54.1 Å². The highest BCUT2D eigenvalue weighted by Gasteiger charge is 2.44. The van der Waals surface area contributed by atoms with Gasteiger partial charge in [-0.15, -0.1) is 0 Å². The monoisotopic (exact) mass is 825 g/mol. The Balaban J connectivity index is 0.764. The van der Waals surface area contributed by atoms with E-state index >= 15 is 0 Å². The summed E-state index contributed by atoms with van der Waals surface area (Å²) in [6.45, 7) is 7.87. The normalized spacial score (nSPS) is 17.6. The minimum Gasteiger partial charge on any atom is -0.391 e. The summed E-state index contributed by atoms with van der Waals surface area (Å²) in [4.78, 5) is 44.6. The van der Waals surface area contributed by atoms with Gasteiger partial charge in [-0.05, 0) is 36.8 Å². The summed E-state index contributed by atoms with van der Waals surface area (Å²) >= 11 is 6.73. The van der Waals surface area contributed by atoms with Crippen LogP contribution >= 0.6 is 11.6 Å². The summed E-state index contributed by atoms with van der Waals surface area (Å²) in [5.74, 6) is -0.256. The zero-order valence-electron chi connectivity index (χ0n) is 33.1. The first-order chi connectivity index (χ1) is 28.3. The number of carbonyl (C=O) groups is 3. The van der Waals surface area contributed by atoms with E-state index in [1.165, 1.54) is 0 Å². The number of likely N-dealkylation sites (tertiary alicyclic amines) is 1. The molecule has 3 amide bonds. The third kappa shape index (κ3) is 12.4. The molecule has 1 aromatic carbocycles. The molecule has 0 radical (unpaired) electrons. The zero-order valence-corrected chi connectivity index (χ0v) is 33.8. The molecule has 0 saturated carbocycles. The van der Waals surface area contributed by atoms with Crippen LogP contribution in [0.4, 0.5) is 5.69 Å². The van der Waals surface area contributed by atoms with Gasteiger partial charge in [0.25, 0.3) is 0 Å². The number of anilines is 1. The second-order valence-corrected chi connectivity index (χ2v) is 15.1. The molecule has 16 nitrogen and oxygen atoms in total. The van der Waals surface area contributed by atoms with Crippen LogP contribution in [0.2, 0.25) is 5.02 Å². The van der Waals surface area contributed by atoms with Crippen molar-refractivity contribution in [2.24, 2.45) is 5.41 Å². The highest BCUT2D eigenvalue weighted by atomic mass is 35.5. The Bertz CT molecular complexity index is 1770. The number of amides is 3. The van der Waals surface area contributed by atoms with Crippen LogP contribution in [0, 0.1) is 5.41 Å². The first kappa shape index (κ1) is 43.4. The number of hydrogen-bond acceptors (Lipinski definition) is 12. The van der Waals surface area contributed by atoms with Gasteiger partial charge in [0.2, 0.25) is 17.7 Å². The molecule has 17 heteroatoms. The molecule has 1 atom stereocenters. The maximum Gasteiger partial charge on any atom is 0.242 e. The van der Waals surface area contributed by atoms with Gasteiger partial charge in [-0.2, -0.15) is 5.10 Å². The van der Waals surface area contributed by atoms with Crippen molar-refractivity contribution in [1.29, 1.82) is 0 Å². The van der Waals surface area contributed by atoms with Crippen LogP contribution in [-0.2, 0) is 44.6 Å². The number of ether oxygens (including phenoxy) is 5. The van der Waals surface area contributed by atoms with Crippen LogP contribution in [-0.4, -0.2) is 154 Å². The number of aliphatic hydroxyl groups excluding tert-OH is 1. The van der Waals surface area contributed by atoms with E-state index in [0.717, 1.165) is 66.8 Å². The van der Waals surface area contributed by atoms with Crippen molar-refractivity contribution < 1.29 is 43.2 Å². The minimum absolute atomic E-state index is 0.0701. The van der Waals surface area contributed by atoms with Crippen molar-refractivity contribution in [1.82, 2.24) is 30.3 Å². The number of β-amino-alcohol motifs (C(OH)–C–C–N with tert-alkyl or cyclic N) is 1. The summed E-state index contributed by atoms with van der Waals surface area (Å²) < 4.78 is 29.6. The molecule has 3 aliphatic heterocycles. The zero-order chi connectivity index (χ0) is 40.6. The first-order valence-electron chi connectivity index (χ1n) is 20.2. The van der Waals surface area contributed by atoms with Gasteiger partial charge < -0.3 is 49.2 Å². The molecule has 6 rings (SSSR count). The van der Waals surface area contributed by atoms with Crippen molar-refractivity contribution in [2.45, 2.75) is 44.8 Å². The predicted molar refractivity (Wildman–Crippen MR) is 216 cm³/mol. The van der Waals surface area contributed by atoms with E-state index in [2.05, 4.69) is 49.9 Å². The second-order valence-electron chi connectivity index (χ2n) is 14.7. The van der Waals surface area contributed by atoms with Crippen LogP contribution in [0.25, 0.3) is 22.3 Å². The number of rotatable bonds is 23. The summed E-state index contributed by atoms with van der Waals surface area (Å²) in [5.41, 5.74) is 4.80. The Morgan fingerprint density at radius 2 is 1.47 bits per heavy atom. The number of aliphatic hydroxyl groups is 1. The van der Waals surface area contributed by atoms with Crippen molar-refractivity contribution in [3.63, 3.8) is 0 Å². The topological polar surface area (TPSA) is 179 Å². The molecule has 5 heterocycles. The van der Waals surface area contributed by atoms with Gasteiger partial charge in [0, 0.05) is 68.9 Å². The van der Waals surface area contributed by atoms with Crippen LogP contribution in [0.5, 0.6) is 0 Å². The Morgan fingerprint density at radius 1 is 0.828 bits per heavy atom. The summed E-state index contributed by atoms with van der Waals surface area (Å²) in [6.07, 6.45) is 10.2. The Hall–Kier alpha value is -4.16. The fourth-order valence-corrected chi connectivity index (χ4v) is 7.71. The third-order valence-corrected chi connectivity index (χ3v) is 11.1. The van der Waals surface area contributed by atoms with Gasteiger partial charge in [0.15, 0.2) is 0 Å². The molecule has 0 unspecified atom stereocenters. The fourth-order valence-electron chi connectivity index (χ4n) is 7.44. The highest BCUT2D eigenvalue weighted by molar-refractivity contribution is 6.33. The van der Waals surface area contributed by atoms with Crippen LogP contribution in [0.15, 0.2) is 49.1 Å². The molecule has 1 spiro atoms. The number of piperidine rings is 1. The number of pyridine rings is 1. The number of nitrogens with zero attached hydrogens (tertiary/aromatic N) is 5. The quantitative estimate of drug-likeness (QED) is 0.119. The van der Waals surface area contributed by atoms with Crippen LogP contribution in [0.3, 0.4) is 0 Å². The SMILES string of the molecule is O=C(CCOCCOCCOCCOCCOCCn1cc(-c2ccc(-c3cncc(Cl)c3N3CCC4(CCNC4=O)CC3)cc2)cn1)NCC(=O)N1CC[C@@H](O)C1. The standard InChI is InChI=1S/C41H56ClN7O9/c42-36-27-43-26-35(39(36)47-12-8-41(9-13-47)7-10-44-40(41)53)32-3-1-31(2-4-32)33-25-46-49(29-33)14-16-55-18-20-57-22-24-58-23-21-56-19-17-54-15-6-37(51)45-28-38(52)48-11-5-34(50)30-48/h1-4,25-27,29,34,50H,5-24,28,30H2,(H,44,53)(H,45,51)/t34-/m1/s1. The van der Waals surface area contributed by atoms with Gasteiger partial charge in [0.05, 0.1) is 108 Å². The summed E-state index contributed by atoms with van der Waals surface area (Å²) in [6, 6.07) is 8.35. The maximum absolute atomic E-state index is 12.5. The van der Waals surface area contributed by atoms with E-state index in [1.54, 1.807) is 11.1 Å². The van der Waals surface area contributed by atoms with Crippen molar-refractivity contribution in [3.8, 4) is 22.3 Å². The molecule has 58 heavy (non-hydrogen) atoms. The van der Waals surface area contributed by atoms with Gasteiger partial charge in [-0.1, -0.05) is 35.9 Å². The number of benzene rings is 1. The Labute approximate surface area is 344 Å². The molecule has 3 aliphatic rings. The largest absolute Gasteiger partial charge is 0.391 e. The van der Waals surface area contributed by atoms with E-state index in [1.807, 2.05) is 23.3 Å². The molecule has 3 saturated heterocycles. The lowest BCUT2D eigenvalue weighted by Gasteiger charge is -2.39. The van der Waals surface area contributed by atoms with E-state index in [9.17, 15) is 19.5 Å². The number of carbonyl (C=O) groups excluding carboxylic acids is 3. The van der Waals surface area contributed by atoms with Crippen molar-refractivity contribution in [2.75, 3.05) is 110 Å². The minimum atomic E-state index is -0.477. The molecule has 0 bridgehead atoms. The lowest BCUT2D eigenvalue weighted by atomic mass is 9.77. The molecule has 3 fully saturated rings. The average Bonchev–Trinajstić information content (AvgIpc) is 3.99. The predicted octanol–water partition coefficient (Wildman–Crippen LogP) is 2.55. The number of halogens is 1.